The summed E-state index contributed by atoms with van der Waals surface area (Å²) in [6.45, 7) is 5.42. The third-order valence-corrected chi connectivity index (χ3v) is 8.71. The number of thiol groups is 1. The number of piperazine rings is 1. The lowest BCUT2D eigenvalue weighted by molar-refractivity contribution is -0.212. The topological polar surface area (TPSA) is 143 Å². The van der Waals surface area contributed by atoms with E-state index in [4.69, 9.17) is 14.2 Å². The van der Waals surface area contributed by atoms with Crippen LogP contribution in [0.5, 0.6) is 0 Å². The van der Waals surface area contributed by atoms with Crippen LogP contribution < -0.4 is 0 Å². The molecule has 0 bridgehead atoms. The second kappa shape index (κ2) is 6.91. The van der Waals surface area contributed by atoms with Crippen molar-refractivity contribution in [3.8, 4) is 0 Å². The first-order chi connectivity index (χ1) is 15.1. The van der Waals surface area contributed by atoms with Gasteiger partial charge in [-0.2, -0.15) is 0 Å². The minimum Gasteiger partial charge on any atom is -0.456 e. The number of esters is 1. The van der Waals surface area contributed by atoms with Gasteiger partial charge in [0, 0.05) is 33.9 Å². The van der Waals surface area contributed by atoms with E-state index in [0.29, 0.717) is 0 Å². The van der Waals surface area contributed by atoms with Gasteiger partial charge < -0.3 is 34.2 Å². The van der Waals surface area contributed by atoms with Gasteiger partial charge in [-0.1, -0.05) is 13.8 Å². The third kappa shape index (κ3) is 2.61. The van der Waals surface area contributed by atoms with Gasteiger partial charge in [0.25, 0.3) is 11.8 Å². The number of likely N-dealkylation sites (N-methyl/N-ethyl adjacent to an activating group) is 1. The van der Waals surface area contributed by atoms with Gasteiger partial charge in [-0.15, -0.1) is 12.6 Å². The van der Waals surface area contributed by atoms with Crippen molar-refractivity contribution < 1.29 is 43.6 Å². The highest BCUT2D eigenvalue weighted by molar-refractivity contribution is 7.82. The number of carbonyl (C=O) groups excluding carboxylic acids is 4. The highest BCUT2D eigenvalue weighted by atomic mass is 32.1. The summed E-state index contributed by atoms with van der Waals surface area (Å²) < 4.78 is 16.9. The zero-order valence-corrected chi connectivity index (χ0v) is 20.3. The molecule has 7 atom stereocenters. The molecule has 33 heavy (non-hydrogen) atoms. The van der Waals surface area contributed by atoms with E-state index < -0.39 is 76.3 Å². The molecule has 3 saturated heterocycles. The van der Waals surface area contributed by atoms with E-state index in [2.05, 4.69) is 12.6 Å². The maximum Gasteiger partial charge on any atom is 0.303 e. The second-order valence-corrected chi connectivity index (χ2v) is 10.8. The first kappa shape index (κ1) is 24.4. The Hall–Kier alpha value is -1.73. The van der Waals surface area contributed by atoms with E-state index in [-0.39, 0.29) is 12.2 Å². The van der Waals surface area contributed by atoms with Gasteiger partial charge in [0.1, 0.15) is 12.2 Å². The van der Waals surface area contributed by atoms with Crippen LogP contribution in [0.3, 0.4) is 0 Å². The molecule has 0 aromatic carbocycles. The number of carbonyl (C=O) groups is 4. The van der Waals surface area contributed by atoms with Crippen LogP contribution in [-0.2, 0) is 33.4 Å². The molecule has 4 fully saturated rings. The third-order valence-electron chi connectivity index (χ3n) is 8.14. The molecule has 2 amide bonds. The van der Waals surface area contributed by atoms with Crippen LogP contribution in [0.15, 0.2) is 0 Å². The van der Waals surface area contributed by atoms with E-state index in [1.165, 1.54) is 14.2 Å². The SMILES string of the molecule is COC1(CO)C(=O)N2C3CC4(OC(C)C(C)(C)C4=O)C(OC(C)=O)C3(O)CC2(S)C(=O)N1C. The Kier molecular flexibility index (Phi) is 5.11. The van der Waals surface area contributed by atoms with Gasteiger partial charge in [-0.05, 0) is 6.92 Å². The van der Waals surface area contributed by atoms with E-state index in [1.54, 1.807) is 20.8 Å². The van der Waals surface area contributed by atoms with Crippen molar-refractivity contribution in [1.82, 2.24) is 9.80 Å². The monoisotopic (exact) mass is 486 g/mol. The average molecular weight is 487 g/mol. The van der Waals surface area contributed by atoms with Gasteiger partial charge >= 0.3 is 5.97 Å². The zero-order valence-electron chi connectivity index (χ0n) is 19.4. The number of aliphatic hydroxyl groups is 2. The highest BCUT2D eigenvalue weighted by Gasteiger charge is 2.82. The predicted octanol–water partition coefficient (Wildman–Crippen LogP) is -1.16. The van der Waals surface area contributed by atoms with E-state index in [9.17, 15) is 29.4 Å². The Morgan fingerprint density at radius 2 is 1.88 bits per heavy atom. The van der Waals surface area contributed by atoms with Crippen LogP contribution >= 0.6 is 12.6 Å². The highest BCUT2D eigenvalue weighted by Crippen LogP contribution is 2.62. The lowest BCUT2D eigenvalue weighted by atomic mass is 9.76. The molecule has 0 aromatic heterocycles. The number of ketones is 1. The first-order valence-electron chi connectivity index (χ1n) is 10.7. The molecule has 0 radical (unpaired) electrons. The summed E-state index contributed by atoms with van der Waals surface area (Å²) in [5.74, 6) is -2.61. The molecule has 1 spiro atoms. The number of amides is 2. The second-order valence-electron chi connectivity index (χ2n) is 10.1. The van der Waals surface area contributed by atoms with Crippen molar-refractivity contribution in [3.63, 3.8) is 0 Å². The van der Waals surface area contributed by atoms with Crippen molar-refractivity contribution in [2.24, 2.45) is 5.41 Å². The van der Waals surface area contributed by atoms with Crippen molar-refractivity contribution in [1.29, 1.82) is 0 Å². The van der Waals surface area contributed by atoms with Crippen LogP contribution in [0, 0.1) is 5.41 Å². The van der Waals surface area contributed by atoms with Crippen LogP contribution in [-0.4, -0.2) is 104 Å². The molecule has 3 heterocycles. The fourth-order valence-corrected chi connectivity index (χ4v) is 6.69. The molecular weight excluding hydrogens is 456 g/mol. The van der Waals surface area contributed by atoms with Gasteiger partial charge in [0.2, 0.25) is 5.72 Å². The lowest BCUT2D eigenvalue weighted by Gasteiger charge is -2.51. The fourth-order valence-electron chi connectivity index (χ4n) is 6.06. The first-order valence-corrected chi connectivity index (χ1v) is 11.2. The van der Waals surface area contributed by atoms with Crippen LogP contribution in [0.4, 0.5) is 0 Å². The Labute approximate surface area is 196 Å². The number of nitrogens with zero attached hydrogens (tertiary/aromatic N) is 2. The number of methoxy groups -OCH3 is 1. The van der Waals surface area contributed by atoms with Gasteiger partial charge in [-0.3, -0.25) is 19.2 Å². The molecule has 2 N–H and O–H groups in total. The summed E-state index contributed by atoms with van der Waals surface area (Å²) in [6.07, 6.45) is -2.67. The number of fused-ring (bicyclic) bond motifs is 3. The minimum atomic E-state index is -2.03. The number of hydrogen-bond acceptors (Lipinski definition) is 10. The smallest absolute Gasteiger partial charge is 0.303 e. The molecule has 4 rings (SSSR count). The molecule has 4 aliphatic rings. The fraction of sp³-hybridized carbons (Fsp3) is 0.810. The van der Waals surface area contributed by atoms with Gasteiger partial charge in [0.05, 0.1) is 17.6 Å². The average Bonchev–Trinajstić information content (AvgIpc) is 3.17. The summed E-state index contributed by atoms with van der Waals surface area (Å²) in [5, 5.41) is 22.0. The predicted molar refractivity (Wildman–Crippen MR) is 114 cm³/mol. The normalized spacial score (nSPS) is 46.2. The van der Waals surface area contributed by atoms with Crippen molar-refractivity contribution in [2.75, 3.05) is 20.8 Å². The summed E-state index contributed by atoms with van der Waals surface area (Å²) in [4.78, 5) is 53.0. The summed E-state index contributed by atoms with van der Waals surface area (Å²) in [6, 6.07) is -1.17. The van der Waals surface area contributed by atoms with Gasteiger partial charge in [0.15, 0.2) is 22.4 Å². The maximum atomic E-state index is 13.7. The van der Waals surface area contributed by atoms with Crippen LogP contribution in [0.25, 0.3) is 0 Å². The van der Waals surface area contributed by atoms with E-state index in [1.807, 2.05) is 0 Å². The molecule has 184 valence electrons. The number of ether oxygens (including phenoxy) is 3. The zero-order chi connectivity index (χ0) is 24.9. The Morgan fingerprint density at radius 1 is 1.27 bits per heavy atom. The Balaban J connectivity index is 1.89. The van der Waals surface area contributed by atoms with Crippen molar-refractivity contribution in [3.05, 3.63) is 0 Å². The molecule has 1 aliphatic carbocycles. The Bertz CT molecular complexity index is 952. The summed E-state index contributed by atoms with van der Waals surface area (Å²) >= 11 is 4.52. The molecule has 1 saturated carbocycles. The minimum absolute atomic E-state index is 0.218. The number of rotatable bonds is 3. The number of aliphatic hydroxyl groups excluding tert-OH is 1. The Morgan fingerprint density at radius 3 is 2.33 bits per heavy atom. The van der Waals surface area contributed by atoms with Crippen LogP contribution in [0.2, 0.25) is 0 Å². The van der Waals surface area contributed by atoms with E-state index >= 15 is 0 Å². The quantitative estimate of drug-likeness (QED) is 0.332. The van der Waals surface area contributed by atoms with Gasteiger partial charge in [-0.25, -0.2) is 0 Å². The molecule has 12 heteroatoms. The molecular formula is C21H30N2O9S. The summed E-state index contributed by atoms with van der Waals surface area (Å²) in [5.41, 5.74) is -6.72. The number of hydrogen-bond donors (Lipinski definition) is 3. The van der Waals surface area contributed by atoms with Crippen molar-refractivity contribution in [2.45, 2.75) is 80.6 Å². The maximum absolute atomic E-state index is 13.7. The molecule has 11 nitrogen and oxygen atoms in total. The summed E-state index contributed by atoms with van der Waals surface area (Å²) in [7, 11) is 2.48. The van der Waals surface area contributed by atoms with Crippen LogP contribution in [0.1, 0.15) is 40.5 Å². The standard InChI is InChI=1S/C21H30N2O9S/c1-10-17(3,4)13(26)19(32-10)7-12-18(29,14(19)31-11(2)25)8-21(33)16(28)22(5)20(9-24,30-6)15(27)23(12)21/h10,12,14,24,29,33H,7-9H2,1-6H3. The number of Topliss-reactive ketones (excluding diaryl/α,β-unsaturated/α-hetero) is 1. The van der Waals surface area contributed by atoms with Crippen molar-refractivity contribution >= 4 is 36.2 Å². The molecule has 0 aromatic rings. The molecule has 3 aliphatic heterocycles. The molecule has 7 unspecified atom stereocenters. The largest absolute Gasteiger partial charge is 0.456 e. The lowest BCUT2D eigenvalue weighted by Crippen LogP contribution is -2.75. The van der Waals surface area contributed by atoms with E-state index in [0.717, 1.165) is 16.7 Å².